The first kappa shape index (κ1) is 13.9. The van der Waals surface area contributed by atoms with E-state index in [-0.39, 0.29) is 11.8 Å². The molecule has 0 spiro atoms. The molecule has 0 rings (SSSR count). The molecular formula is C11H20O4. The van der Waals surface area contributed by atoms with Crippen molar-refractivity contribution >= 4 is 11.9 Å². The maximum atomic E-state index is 11.0. The van der Waals surface area contributed by atoms with Gasteiger partial charge in [0.15, 0.2) is 0 Å². The summed E-state index contributed by atoms with van der Waals surface area (Å²) in [4.78, 5) is 21.4. The Hall–Kier alpha value is -1.06. The highest BCUT2D eigenvalue weighted by atomic mass is 16.4. The van der Waals surface area contributed by atoms with Crippen molar-refractivity contribution in [3.05, 3.63) is 0 Å². The van der Waals surface area contributed by atoms with Crippen LogP contribution in [-0.4, -0.2) is 22.2 Å². The largest absolute Gasteiger partial charge is 0.481 e. The second kappa shape index (κ2) is 5.73. The van der Waals surface area contributed by atoms with Crippen molar-refractivity contribution < 1.29 is 19.8 Å². The van der Waals surface area contributed by atoms with Crippen molar-refractivity contribution in [3.63, 3.8) is 0 Å². The molecule has 0 heterocycles. The fraction of sp³-hybridized carbons (Fsp3) is 0.818. The van der Waals surface area contributed by atoms with E-state index in [9.17, 15) is 9.59 Å². The first-order chi connectivity index (χ1) is 6.81. The Morgan fingerprint density at radius 3 is 2.13 bits per heavy atom. The molecular weight excluding hydrogens is 196 g/mol. The summed E-state index contributed by atoms with van der Waals surface area (Å²) in [6, 6.07) is 0. The van der Waals surface area contributed by atoms with E-state index in [1.54, 1.807) is 0 Å². The van der Waals surface area contributed by atoms with Crippen LogP contribution in [0.15, 0.2) is 0 Å². The second-order valence-corrected chi connectivity index (χ2v) is 4.52. The van der Waals surface area contributed by atoms with Gasteiger partial charge in [0.1, 0.15) is 0 Å². The first-order valence-corrected chi connectivity index (χ1v) is 5.26. The van der Waals surface area contributed by atoms with E-state index in [1.807, 2.05) is 20.8 Å². The Morgan fingerprint density at radius 1 is 1.27 bits per heavy atom. The van der Waals surface area contributed by atoms with Crippen LogP contribution in [0.3, 0.4) is 0 Å². The van der Waals surface area contributed by atoms with Gasteiger partial charge in [-0.3, -0.25) is 9.59 Å². The van der Waals surface area contributed by atoms with Crippen LogP contribution in [0.5, 0.6) is 0 Å². The van der Waals surface area contributed by atoms with Gasteiger partial charge >= 0.3 is 11.9 Å². The van der Waals surface area contributed by atoms with E-state index >= 15 is 0 Å². The summed E-state index contributed by atoms with van der Waals surface area (Å²) in [7, 11) is 0. The summed E-state index contributed by atoms with van der Waals surface area (Å²) in [6.45, 7) is 5.77. The lowest BCUT2D eigenvalue weighted by Crippen LogP contribution is -2.30. The Labute approximate surface area is 90.3 Å². The van der Waals surface area contributed by atoms with E-state index in [0.717, 1.165) is 6.42 Å². The minimum absolute atomic E-state index is 0.0452. The molecule has 0 amide bonds. The van der Waals surface area contributed by atoms with Crippen molar-refractivity contribution in [3.8, 4) is 0 Å². The van der Waals surface area contributed by atoms with Crippen molar-refractivity contribution in [1.29, 1.82) is 0 Å². The number of hydrogen-bond acceptors (Lipinski definition) is 2. The zero-order chi connectivity index (χ0) is 12.1. The van der Waals surface area contributed by atoms with Gasteiger partial charge in [0.05, 0.1) is 5.92 Å². The number of rotatable bonds is 7. The second-order valence-electron chi connectivity index (χ2n) is 4.52. The molecule has 0 aromatic carbocycles. The lowest BCUT2D eigenvalue weighted by Gasteiger charge is -2.30. The van der Waals surface area contributed by atoms with Crippen LogP contribution in [0.25, 0.3) is 0 Å². The van der Waals surface area contributed by atoms with Crippen LogP contribution in [0, 0.1) is 11.3 Å². The smallest absolute Gasteiger partial charge is 0.307 e. The van der Waals surface area contributed by atoms with E-state index < -0.39 is 17.9 Å². The van der Waals surface area contributed by atoms with Gasteiger partial charge in [0.25, 0.3) is 0 Å². The Morgan fingerprint density at radius 2 is 1.80 bits per heavy atom. The molecule has 0 aromatic rings. The average Bonchev–Trinajstić information content (AvgIpc) is 2.11. The van der Waals surface area contributed by atoms with Gasteiger partial charge in [-0.15, -0.1) is 0 Å². The molecule has 4 nitrogen and oxygen atoms in total. The van der Waals surface area contributed by atoms with Gasteiger partial charge in [-0.2, -0.15) is 0 Å². The number of hydrogen-bond donors (Lipinski definition) is 2. The molecule has 0 aliphatic rings. The fourth-order valence-electron chi connectivity index (χ4n) is 1.55. The lowest BCUT2D eigenvalue weighted by molar-refractivity contribution is -0.147. The molecule has 0 fully saturated rings. The fourth-order valence-corrected chi connectivity index (χ4v) is 1.55. The zero-order valence-corrected chi connectivity index (χ0v) is 9.62. The van der Waals surface area contributed by atoms with Gasteiger partial charge < -0.3 is 10.2 Å². The minimum atomic E-state index is -0.867. The molecule has 0 saturated heterocycles. The van der Waals surface area contributed by atoms with Crippen molar-refractivity contribution in [2.24, 2.45) is 11.3 Å². The Bertz CT molecular complexity index is 233. The van der Waals surface area contributed by atoms with E-state index in [4.69, 9.17) is 10.2 Å². The Kier molecular flexibility index (Phi) is 5.33. The summed E-state index contributed by atoms with van der Waals surface area (Å²) in [5.41, 5.74) is -0.273. The third-order valence-electron chi connectivity index (χ3n) is 3.04. The molecule has 0 saturated carbocycles. The minimum Gasteiger partial charge on any atom is -0.481 e. The number of carboxylic acid groups (broad SMARTS) is 2. The summed E-state index contributed by atoms with van der Waals surface area (Å²) in [5, 5.41) is 17.5. The quantitative estimate of drug-likeness (QED) is 0.685. The SMILES string of the molecule is CCC(C)(C)C(CCCC(=O)O)C(=O)O. The normalized spacial score (nSPS) is 13.5. The highest BCUT2D eigenvalue weighted by molar-refractivity contribution is 5.71. The van der Waals surface area contributed by atoms with E-state index in [1.165, 1.54) is 0 Å². The van der Waals surface area contributed by atoms with E-state index in [2.05, 4.69) is 0 Å². The molecule has 1 atom stereocenters. The highest BCUT2D eigenvalue weighted by Gasteiger charge is 2.33. The predicted molar refractivity (Wildman–Crippen MR) is 56.7 cm³/mol. The standard InChI is InChI=1S/C11H20O4/c1-4-11(2,3)8(10(14)15)6-5-7-9(12)13/h8H,4-7H2,1-3H3,(H,12,13)(H,14,15). The van der Waals surface area contributed by atoms with Crippen LogP contribution in [0.1, 0.15) is 46.5 Å². The zero-order valence-electron chi connectivity index (χ0n) is 9.62. The number of carboxylic acids is 2. The third-order valence-corrected chi connectivity index (χ3v) is 3.04. The van der Waals surface area contributed by atoms with Gasteiger partial charge in [0.2, 0.25) is 0 Å². The molecule has 0 bridgehead atoms. The van der Waals surface area contributed by atoms with Crippen molar-refractivity contribution in [1.82, 2.24) is 0 Å². The first-order valence-electron chi connectivity index (χ1n) is 5.26. The maximum Gasteiger partial charge on any atom is 0.307 e. The van der Waals surface area contributed by atoms with Crippen LogP contribution in [0.4, 0.5) is 0 Å². The molecule has 0 radical (unpaired) electrons. The monoisotopic (exact) mass is 216 g/mol. The van der Waals surface area contributed by atoms with E-state index in [0.29, 0.717) is 12.8 Å². The number of aliphatic carboxylic acids is 2. The van der Waals surface area contributed by atoms with Crippen LogP contribution in [-0.2, 0) is 9.59 Å². The highest BCUT2D eigenvalue weighted by Crippen LogP contribution is 2.34. The van der Waals surface area contributed by atoms with Gasteiger partial charge in [0, 0.05) is 6.42 Å². The molecule has 0 aliphatic carbocycles. The topological polar surface area (TPSA) is 74.6 Å². The average molecular weight is 216 g/mol. The van der Waals surface area contributed by atoms with Crippen LogP contribution >= 0.6 is 0 Å². The summed E-state index contributed by atoms with van der Waals surface area (Å²) in [6.07, 6.45) is 1.68. The molecule has 0 aromatic heterocycles. The van der Waals surface area contributed by atoms with Gasteiger partial charge in [-0.1, -0.05) is 27.2 Å². The summed E-state index contributed by atoms with van der Waals surface area (Å²) < 4.78 is 0. The third kappa shape index (κ3) is 4.81. The molecule has 4 heteroatoms. The summed E-state index contributed by atoms with van der Waals surface area (Å²) in [5.74, 6) is -2.15. The van der Waals surface area contributed by atoms with Crippen LogP contribution in [0.2, 0.25) is 0 Å². The van der Waals surface area contributed by atoms with Gasteiger partial charge in [-0.05, 0) is 18.3 Å². The maximum absolute atomic E-state index is 11.0. The Balaban J connectivity index is 4.30. The van der Waals surface area contributed by atoms with Crippen LogP contribution < -0.4 is 0 Å². The molecule has 88 valence electrons. The molecule has 1 unspecified atom stereocenters. The number of carbonyl (C=O) groups is 2. The summed E-state index contributed by atoms with van der Waals surface area (Å²) >= 11 is 0. The lowest BCUT2D eigenvalue weighted by atomic mass is 9.74. The van der Waals surface area contributed by atoms with Crippen molar-refractivity contribution in [2.45, 2.75) is 46.5 Å². The van der Waals surface area contributed by atoms with Crippen molar-refractivity contribution in [2.75, 3.05) is 0 Å². The molecule has 2 N–H and O–H groups in total. The molecule has 0 aliphatic heterocycles. The molecule has 15 heavy (non-hydrogen) atoms. The predicted octanol–water partition coefficient (Wildman–Crippen LogP) is 2.38. The van der Waals surface area contributed by atoms with Gasteiger partial charge in [-0.25, -0.2) is 0 Å².